The van der Waals surface area contributed by atoms with Gasteiger partial charge in [0, 0.05) is 18.6 Å². The van der Waals surface area contributed by atoms with Crippen LogP contribution in [-0.2, 0) is 4.74 Å². The van der Waals surface area contributed by atoms with Gasteiger partial charge >= 0.3 is 6.09 Å². The molecule has 15 heavy (non-hydrogen) atoms. The highest BCUT2D eigenvalue weighted by Crippen LogP contribution is 2.25. The van der Waals surface area contributed by atoms with E-state index in [9.17, 15) is 4.79 Å². The predicted molar refractivity (Wildman–Crippen MR) is 59.6 cm³/mol. The van der Waals surface area contributed by atoms with Crippen molar-refractivity contribution in [2.75, 3.05) is 13.1 Å². The van der Waals surface area contributed by atoms with Gasteiger partial charge in [-0.1, -0.05) is 6.92 Å². The number of nitrogens with two attached hydrogens (primary N) is 1. The normalized spacial score (nSPS) is 31.9. The SMILES string of the molecule is C[C@H]1CN(C(=O)OC(C)(C)C)C[C@]1(C)N. The Hall–Kier alpha value is -0.770. The number of nitrogens with zero attached hydrogens (tertiary/aromatic N) is 1. The number of rotatable bonds is 0. The lowest BCUT2D eigenvalue weighted by Gasteiger charge is -2.25. The quantitative estimate of drug-likeness (QED) is 0.666. The van der Waals surface area contributed by atoms with Crippen LogP contribution in [0.2, 0.25) is 0 Å². The van der Waals surface area contributed by atoms with Gasteiger partial charge in [-0.15, -0.1) is 0 Å². The van der Waals surface area contributed by atoms with Crippen LogP contribution in [0, 0.1) is 5.92 Å². The van der Waals surface area contributed by atoms with Crippen molar-refractivity contribution in [1.82, 2.24) is 4.90 Å². The fourth-order valence-corrected chi connectivity index (χ4v) is 1.64. The molecule has 0 aliphatic carbocycles. The molecule has 0 aromatic carbocycles. The van der Waals surface area contributed by atoms with E-state index in [4.69, 9.17) is 10.5 Å². The van der Waals surface area contributed by atoms with Gasteiger partial charge < -0.3 is 15.4 Å². The van der Waals surface area contributed by atoms with Crippen LogP contribution in [0.4, 0.5) is 4.79 Å². The third kappa shape index (κ3) is 3.09. The van der Waals surface area contributed by atoms with Gasteiger partial charge in [0.25, 0.3) is 0 Å². The number of hydrogen-bond acceptors (Lipinski definition) is 3. The zero-order valence-corrected chi connectivity index (χ0v) is 10.3. The van der Waals surface area contributed by atoms with Gasteiger partial charge in [0.15, 0.2) is 0 Å². The van der Waals surface area contributed by atoms with Crippen LogP contribution in [-0.4, -0.2) is 35.2 Å². The number of carbonyl (C=O) groups is 1. The lowest BCUT2D eigenvalue weighted by Crippen LogP contribution is -2.44. The van der Waals surface area contributed by atoms with E-state index < -0.39 is 5.60 Å². The van der Waals surface area contributed by atoms with E-state index in [1.165, 1.54) is 0 Å². The van der Waals surface area contributed by atoms with Gasteiger partial charge in [0.05, 0.1) is 0 Å². The van der Waals surface area contributed by atoms with Crippen LogP contribution >= 0.6 is 0 Å². The van der Waals surface area contributed by atoms with E-state index in [0.29, 0.717) is 19.0 Å². The molecule has 1 aliphatic rings. The third-order valence-electron chi connectivity index (χ3n) is 2.80. The first-order valence-electron chi connectivity index (χ1n) is 5.38. The van der Waals surface area contributed by atoms with Gasteiger partial charge in [-0.3, -0.25) is 0 Å². The Morgan fingerprint density at radius 2 is 2.07 bits per heavy atom. The Labute approximate surface area is 91.8 Å². The Balaban J connectivity index is 2.58. The second kappa shape index (κ2) is 3.67. The Bertz CT molecular complexity index is 256. The zero-order chi connectivity index (χ0) is 11.9. The second-order valence-electron chi connectivity index (χ2n) is 5.77. The summed E-state index contributed by atoms with van der Waals surface area (Å²) in [5, 5.41) is 0. The molecular formula is C11H22N2O2. The molecule has 0 spiro atoms. The summed E-state index contributed by atoms with van der Waals surface area (Å²) in [6.45, 7) is 10.9. The average Bonchev–Trinajstić information content (AvgIpc) is 2.23. The van der Waals surface area contributed by atoms with Crippen molar-refractivity contribution in [2.45, 2.75) is 45.8 Å². The lowest BCUT2D eigenvalue weighted by atomic mass is 9.92. The van der Waals surface area contributed by atoms with Gasteiger partial charge in [-0.2, -0.15) is 0 Å². The molecule has 1 rings (SSSR count). The summed E-state index contributed by atoms with van der Waals surface area (Å²) >= 11 is 0. The molecule has 0 radical (unpaired) electrons. The molecule has 0 aromatic heterocycles. The molecule has 0 aromatic rings. The number of carbonyl (C=O) groups excluding carboxylic acids is 1. The number of ether oxygens (including phenoxy) is 1. The minimum Gasteiger partial charge on any atom is -0.444 e. The molecule has 1 aliphatic heterocycles. The summed E-state index contributed by atoms with van der Waals surface area (Å²) < 4.78 is 5.29. The standard InChI is InChI=1S/C11H22N2O2/c1-8-6-13(7-11(8,5)12)9(14)15-10(2,3)4/h8H,6-7,12H2,1-5H3/t8-,11-/m0/s1. The van der Waals surface area contributed by atoms with Crippen molar-refractivity contribution >= 4 is 6.09 Å². The lowest BCUT2D eigenvalue weighted by molar-refractivity contribution is 0.0283. The fraction of sp³-hybridized carbons (Fsp3) is 0.909. The zero-order valence-electron chi connectivity index (χ0n) is 10.3. The van der Waals surface area contributed by atoms with Crippen LogP contribution in [0.1, 0.15) is 34.6 Å². The first-order valence-corrected chi connectivity index (χ1v) is 5.38. The summed E-state index contributed by atoms with van der Waals surface area (Å²) in [4.78, 5) is 13.4. The summed E-state index contributed by atoms with van der Waals surface area (Å²) in [6.07, 6.45) is -0.261. The smallest absolute Gasteiger partial charge is 0.410 e. The molecule has 1 saturated heterocycles. The second-order valence-corrected chi connectivity index (χ2v) is 5.77. The fourth-order valence-electron chi connectivity index (χ4n) is 1.64. The molecule has 1 fully saturated rings. The maximum absolute atomic E-state index is 11.7. The average molecular weight is 214 g/mol. The molecule has 1 heterocycles. The molecule has 0 saturated carbocycles. The topological polar surface area (TPSA) is 55.6 Å². The van der Waals surface area contributed by atoms with Crippen LogP contribution in [0.15, 0.2) is 0 Å². The summed E-state index contributed by atoms with van der Waals surface area (Å²) in [7, 11) is 0. The monoisotopic (exact) mass is 214 g/mol. The van der Waals surface area contributed by atoms with E-state index in [0.717, 1.165) is 0 Å². The van der Waals surface area contributed by atoms with Crippen molar-refractivity contribution in [3.63, 3.8) is 0 Å². The van der Waals surface area contributed by atoms with Crippen LogP contribution in [0.25, 0.3) is 0 Å². The molecule has 4 nitrogen and oxygen atoms in total. The number of hydrogen-bond donors (Lipinski definition) is 1. The van der Waals surface area contributed by atoms with Crippen LogP contribution in [0.3, 0.4) is 0 Å². The highest BCUT2D eigenvalue weighted by Gasteiger charge is 2.40. The largest absolute Gasteiger partial charge is 0.444 e. The molecular weight excluding hydrogens is 192 g/mol. The molecule has 4 heteroatoms. The molecule has 1 amide bonds. The maximum atomic E-state index is 11.7. The molecule has 88 valence electrons. The van der Waals surface area contributed by atoms with Gasteiger partial charge in [0.1, 0.15) is 5.60 Å². The van der Waals surface area contributed by atoms with Crippen LogP contribution < -0.4 is 5.73 Å². The van der Waals surface area contributed by atoms with E-state index >= 15 is 0 Å². The van der Waals surface area contributed by atoms with Gasteiger partial charge in [-0.05, 0) is 33.6 Å². The third-order valence-corrected chi connectivity index (χ3v) is 2.80. The van der Waals surface area contributed by atoms with Crippen molar-refractivity contribution in [1.29, 1.82) is 0 Å². The van der Waals surface area contributed by atoms with E-state index in [-0.39, 0.29) is 11.6 Å². The molecule has 0 bridgehead atoms. The summed E-state index contributed by atoms with van der Waals surface area (Å²) in [6, 6.07) is 0. The Morgan fingerprint density at radius 3 is 2.40 bits per heavy atom. The minimum absolute atomic E-state index is 0.261. The highest BCUT2D eigenvalue weighted by atomic mass is 16.6. The first kappa shape index (κ1) is 12.3. The van der Waals surface area contributed by atoms with E-state index in [1.54, 1.807) is 4.90 Å². The Kier molecular flexibility index (Phi) is 3.01. The van der Waals surface area contributed by atoms with Gasteiger partial charge in [-0.25, -0.2) is 4.79 Å². The Morgan fingerprint density at radius 1 is 1.53 bits per heavy atom. The molecule has 2 N–H and O–H groups in total. The summed E-state index contributed by atoms with van der Waals surface area (Å²) in [5.74, 6) is 0.310. The van der Waals surface area contributed by atoms with Crippen LogP contribution in [0.5, 0.6) is 0 Å². The number of amides is 1. The maximum Gasteiger partial charge on any atom is 0.410 e. The van der Waals surface area contributed by atoms with Crippen molar-refractivity contribution in [3.05, 3.63) is 0 Å². The number of likely N-dealkylation sites (tertiary alicyclic amines) is 1. The minimum atomic E-state index is -0.437. The van der Waals surface area contributed by atoms with Gasteiger partial charge in [0.2, 0.25) is 0 Å². The van der Waals surface area contributed by atoms with Crippen molar-refractivity contribution in [2.24, 2.45) is 11.7 Å². The summed E-state index contributed by atoms with van der Waals surface area (Å²) in [5.41, 5.74) is 5.33. The van der Waals surface area contributed by atoms with Crippen molar-refractivity contribution < 1.29 is 9.53 Å². The van der Waals surface area contributed by atoms with Crippen molar-refractivity contribution in [3.8, 4) is 0 Å². The first-order chi connectivity index (χ1) is 6.62. The molecule has 2 atom stereocenters. The predicted octanol–water partition coefficient (Wildman–Crippen LogP) is 1.59. The molecule has 0 unspecified atom stereocenters. The van der Waals surface area contributed by atoms with E-state index in [2.05, 4.69) is 6.92 Å². The highest BCUT2D eigenvalue weighted by molar-refractivity contribution is 5.68. The van der Waals surface area contributed by atoms with E-state index in [1.807, 2.05) is 27.7 Å².